The zero-order valence-electron chi connectivity index (χ0n) is 11.3. The van der Waals surface area contributed by atoms with Crippen molar-refractivity contribution in [2.45, 2.75) is 45.2 Å². The number of piperazine rings is 1. The van der Waals surface area contributed by atoms with Crippen LogP contribution in [0.2, 0.25) is 0 Å². The van der Waals surface area contributed by atoms with Crippen molar-refractivity contribution in [2.75, 3.05) is 26.2 Å². The summed E-state index contributed by atoms with van der Waals surface area (Å²) < 4.78 is 0. The molecule has 1 amide bonds. The Morgan fingerprint density at radius 2 is 1.94 bits per heavy atom. The minimum absolute atomic E-state index is 0.00451. The van der Waals surface area contributed by atoms with Gasteiger partial charge in [0.2, 0.25) is 5.91 Å². The van der Waals surface area contributed by atoms with Crippen molar-refractivity contribution in [1.82, 2.24) is 15.5 Å². The van der Waals surface area contributed by atoms with Gasteiger partial charge < -0.3 is 10.6 Å². The fraction of sp³-hybridized carbons (Fsp3) is 0.923. The molecular formula is C13H25N3O. The van der Waals surface area contributed by atoms with Crippen LogP contribution in [-0.2, 0) is 4.79 Å². The number of rotatable bonds is 4. The van der Waals surface area contributed by atoms with Crippen LogP contribution in [-0.4, -0.2) is 48.6 Å². The van der Waals surface area contributed by atoms with E-state index in [-0.39, 0.29) is 17.5 Å². The molecule has 1 saturated carbocycles. The lowest BCUT2D eigenvalue weighted by molar-refractivity contribution is -0.128. The molecule has 1 saturated heterocycles. The quantitative estimate of drug-likeness (QED) is 0.754. The van der Waals surface area contributed by atoms with E-state index in [1.54, 1.807) is 0 Å². The molecule has 1 heterocycles. The molecule has 2 rings (SSSR count). The van der Waals surface area contributed by atoms with Crippen molar-refractivity contribution in [3.63, 3.8) is 0 Å². The molecule has 1 aliphatic heterocycles. The second-order valence-electron chi connectivity index (χ2n) is 5.95. The first kappa shape index (κ1) is 12.8. The third-order valence-electron chi connectivity index (χ3n) is 4.12. The van der Waals surface area contributed by atoms with Gasteiger partial charge in [-0.05, 0) is 39.5 Å². The molecule has 1 aliphatic carbocycles. The van der Waals surface area contributed by atoms with Crippen LogP contribution in [0, 0.1) is 5.92 Å². The average molecular weight is 239 g/mol. The molecule has 0 aromatic heterocycles. The van der Waals surface area contributed by atoms with Crippen molar-refractivity contribution >= 4 is 5.91 Å². The predicted molar refractivity (Wildman–Crippen MR) is 68.9 cm³/mol. The van der Waals surface area contributed by atoms with E-state index in [9.17, 15) is 4.79 Å². The van der Waals surface area contributed by atoms with E-state index in [1.165, 1.54) is 12.8 Å². The molecule has 1 atom stereocenters. The lowest BCUT2D eigenvalue weighted by Crippen LogP contribution is -2.56. The molecule has 0 aromatic carbocycles. The van der Waals surface area contributed by atoms with Gasteiger partial charge in [-0.25, -0.2) is 0 Å². The molecule has 2 N–H and O–H groups in total. The normalized spacial score (nSPS) is 24.4. The van der Waals surface area contributed by atoms with Crippen molar-refractivity contribution in [2.24, 2.45) is 5.92 Å². The Labute approximate surface area is 104 Å². The molecular weight excluding hydrogens is 214 g/mol. The minimum atomic E-state index is -0.0284. The molecule has 0 bridgehead atoms. The Bertz CT molecular complexity index is 280. The zero-order valence-corrected chi connectivity index (χ0v) is 11.3. The summed E-state index contributed by atoms with van der Waals surface area (Å²) in [5, 5.41) is 6.53. The molecule has 0 spiro atoms. The van der Waals surface area contributed by atoms with E-state index < -0.39 is 0 Å². The Morgan fingerprint density at radius 1 is 1.35 bits per heavy atom. The van der Waals surface area contributed by atoms with Gasteiger partial charge in [-0.3, -0.25) is 9.69 Å². The number of carbonyl (C=O) groups is 1. The van der Waals surface area contributed by atoms with E-state index >= 15 is 0 Å². The predicted octanol–water partition coefficient (Wildman–Crippen LogP) is 0.585. The van der Waals surface area contributed by atoms with E-state index in [0.29, 0.717) is 5.92 Å². The van der Waals surface area contributed by atoms with Crippen molar-refractivity contribution < 1.29 is 4.79 Å². The lowest BCUT2D eigenvalue weighted by atomic mass is 9.98. The van der Waals surface area contributed by atoms with Gasteiger partial charge in [-0.15, -0.1) is 0 Å². The number of nitrogens with zero attached hydrogens (tertiary/aromatic N) is 1. The fourth-order valence-electron chi connectivity index (χ4n) is 2.56. The van der Waals surface area contributed by atoms with Crippen LogP contribution in [0.3, 0.4) is 0 Å². The molecule has 0 aromatic rings. The lowest BCUT2D eigenvalue weighted by Gasteiger charge is -2.34. The third-order valence-corrected chi connectivity index (χ3v) is 4.12. The summed E-state index contributed by atoms with van der Waals surface area (Å²) in [5.41, 5.74) is -0.0284. The Hall–Kier alpha value is -0.610. The Balaban J connectivity index is 1.85. The summed E-state index contributed by atoms with van der Waals surface area (Å²) >= 11 is 0. The summed E-state index contributed by atoms with van der Waals surface area (Å²) in [6.07, 6.45) is 2.52. The van der Waals surface area contributed by atoms with Gasteiger partial charge in [0.1, 0.15) is 0 Å². The van der Waals surface area contributed by atoms with Crippen LogP contribution in [0.15, 0.2) is 0 Å². The largest absolute Gasteiger partial charge is 0.350 e. The maximum absolute atomic E-state index is 12.2. The van der Waals surface area contributed by atoms with Gasteiger partial charge in [0, 0.05) is 31.7 Å². The third kappa shape index (κ3) is 3.19. The number of amides is 1. The summed E-state index contributed by atoms with van der Waals surface area (Å²) in [5.74, 6) is 0.866. The topological polar surface area (TPSA) is 44.4 Å². The molecule has 98 valence electrons. The standard InChI is InChI=1S/C13H25N3O/c1-10(16-8-6-14-7-9-16)12(17)15-13(2,3)11-4-5-11/h10-11,14H,4-9H2,1-3H3,(H,15,17). The van der Waals surface area contributed by atoms with E-state index in [2.05, 4.69) is 29.4 Å². The fourth-order valence-corrected chi connectivity index (χ4v) is 2.56. The first-order valence-electron chi connectivity index (χ1n) is 6.77. The zero-order chi connectivity index (χ0) is 12.5. The number of hydrogen-bond donors (Lipinski definition) is 2. The van der Waals surface area contributed by atoms with Gasteiger partial charge in [0.25, 0.3) is 0 Å². The summed E-state index contributed by atoms with van der Waals surface area (Å²) in [4.78, 5) is 14.5. The van der Waals surface area contributed by atoms with Gasteiger partial charge >= 0.3 is 0 Å². The number of carbonyl (C=O) groups excluding carboxylic acids is 1. The summed E-state index contributed by atoms with van der Waals surface area (Å²) in [6, 6.07) is -0.00451. The van der Waals surface area contributed by atoms with Crippen molar-refractivity contribution in [3.05, 3.63) is 0 Å². The highest BCUT2D eigenvalue weighted by molar-refractivity contribution is 5.82. The van der Waals surface area contributed by atoms with Crippen LogP contribution >= 0.6 is 0 Å². The van der Waals surface area contributed by atoms with Crippen LogP contribution in [0.5, 0.6) is 0 Å². The van der Waals surface area contributed by atoms with Gasteiger partial charge in [-0.2, -0.15) is 0 Å². The molecule has 2 fully saturated rings. The molecule has 0 radical (unpaired) electrons. The summed E-state index contributed by atoms with van der Waals surface area (Å²) in [6.45, 7) is 10.2. The summed E-state index contributed by atoms with van der Waals surface area (Å²) in [7, 11) is 0. The van der Waals surface area contributed by atoms with Crippen LogP contribution < -0.4 is 10.6 Å². The first-order valence-corrected chi connectivity index (χ1v) is 6.77. The highest BCUT2D eigenvalue weighted by Gasteiger charge is 2.39. The molecule has 4 heteroatoms. The van der Waals surface area contributed by atoms with E-state index in [4.69, 9.17) is 0 Å². The Morgan fingerprint density at radius 3 is 2.47 bits per heavy atom. The SMILES string of the molecule is CC(C(=O)NC(C)(C)C1CC1)N1CCNCC1. The molecule has 1 unspecified atom stereocenters. The number of hydrogen-bond acceptors (Lipinski definition) is 3. The van der Waals surface area contributed by atoms with Crippen molar-refractivity contribution in [1.29, 1.82) is 0 Å². The van der Waals surface area contributed by atoms with E-state index in [0.717, 1.165) is 26.2 Å². The van der Waals surface area contributed by atoms with Gasteiger partial charge in [0.15, 0.2) is 0 Å². The monoisotopic (exact) mass is 239 g/mol. The maximum Gasteiger partial charge on any atom is 0.237 e. The van der Waals surface area contributed by atoms with Crippen LogP contribution in [0.1, 0.15) is 33.6 Å². The molecule has 17 heavy (non-hydrogen) atoms. The maximum atomic E-state index is 12.2. The second-order valence-corrected chi connectivity index (χ2v) is 5.95. The number of nitrogens with one attached hydrogen (secondary N) is 2. The Kier molecular flexibility index (Phi) is 3.73. The average Bonchev–Trinajstić information content (AvgIpc) is 3.12. The first-order chi connectivity index (χ1) is 8.00. The highest BCUT2D eigenvalue weighted by atomic mass is 16.2. The molecule has 4 nitrogen and oxygen atoms in total. The highest BCUT2D eigenvalue weighted by Crippen LogP contribution is 2.39. The van der Waals surface area contributed by atoms with Gasteiger partial charge in [-0.1, -0.05) is 0 Å². The van der Waals surface area contributed by atoms with Crippen LogP contribution in [0.4, 0.5) is 0 Å². The molecule has 2 aliphatic rings. The minimum Gasteiger partial charge on any atom is -0.350 e. The van der Waals surface area contributed by atoms with Gasteiger partial charge in [0.05, 0.1) is 6.04 Å². The second kappa shape index (κ2) is 4.94. The van der Waals surface area contributed by atoms with Crippen molar-refractivity contribution in [3.8, 4) is 0 Å². The van der Waals surface area contributed by atoms with E-state index in [1.807, 2.05) is 6.92 Å². The van der Waals surface area contributed by atoms with Crippen LogP contribution in [0.25, 0.3) is 0 Å². The smallest absolute Gasteiger partial charge is 0.237 e.